The topological polar surface area (TPSA) is 21.3 Å². The third-order valence-corrected chi connectivity index (χ3v) is 2.99. The van der Waals surface area contributed by atoms with E-state index in [-0.39, 0.29) is 5.82 Å². The van der Waals surface area contributed by atoms with E-state index in [9.17, 15) is 4.39 Å². The maximum atomic E-state index is 12.9. The van der Waals surface area contributed by atoms with Gasteiger partial charge in [0.25, 0.3) is 0 Å². The number of halogens is 2. The van der Waals surface area contributed by atoms with Crippen molar-refractivity contribution in [1.82, 2.24) is 5.32 Å². The molecule has 0 amide bonds. The molecule has 0 fully saturated rings. The van der Waals surface area contributed by atoms with Crippen LogP contribution < -0.4 is 5.32 Å². The van der Waals surface area contributed by atoms with E-state index in [1.54, 1.807) is 13.2 Å². The Labute approximate surface area is 107 Å². The monoisotopic (exact) mass is 259 g/mol. The summed E-state index contributed by atoms with van der Waals surface area (Å²) in [4.78, 5) is 0. The molecule has 0 radical (unpaired) electrons. The molecule has 1 unspecified atom stereocenters. The first kappa shape index (κ1) is 14.4. The molecule has 0 heterocycles. The van der Waals surface area contributed by atoms with Crippen molar-refractivity contribution in [3.05, 3.63) is 34.6 Å². The van der Waals surface area contributed by atoms with Crippen molar-refractivity contribution in [3.8, 4) is 0 Å². The zero-order valence-corrected chi connectivity index (χ0v) is 11.1. The molecule has 0 bridgehead atoms. The summed E-state index contributed by atoms with van der Waals surface area (Å²) in [6.45, 7) is 3.64. The second-order valence-electron chi connectivity index (χ2n) is 3.98. The van der Waals surface area contributed by atoms with Gasteiger partial charge in [0, 0.05) is 18.2 Å². The molecular formula is C13H19ClFNO. The maximum Gasteiger partial charge on any atom is 0.124 e. The molecule has 0 aromatic heterocycles. The first-order valence-electron chi connectivity index (χ1n) is 5.83. The van der Waals surface area contributed by atoms with Gasteiger partial charge in [-0.3, -0.25) is 0 Å². The number of hydrogen-bond donors (Lipinski definition) is 1. The molecule has 1 rings (SSSR count). The number of aryl methyl sites for hydroxylation is 1. The van der Waals surface area contributed by atoms with Crippen LogP contribution in [0.15, 0.2) is 18.2 Å². The molecule has 4 heteroatoms. The summed E-state index contributed by atoms with van der Waals surface area (Å²) in [5, 5.41) is 3.84. The van der Waals surface area contributed by atoms with Gasteiger partial charge in [0.2, 0.25) is 0 Å². The summed E-state index contributed by atoms with van der Waals surface area (Å²) in [6, 6.07) is 4.86. The second kappa shape index (κ2) is 7.64. The van der Waals surface area contributed by atoms with Crippen molar-refractivity contribution in [2.24, 2.45) is 0 Å². The molecule has 2 nitrogen and oxygen atoms in total. The minimum Gasteiger partial charge on any atom is -0.383 e. The highest BCUT2D eigenvalue weighted by Gasteiger charge is 2.09. The van der Waals surface area contributed by atoms with E-state index in [0.29, 0.717) is 17.7 Å². The zero-order chi connectivity index (χ0) is 12.7. The van der Waals surface area contributed by atoms with E-state index in [1.165, 1.54) is 12.1 Å². The molecule has 96 valence electrons. The third kappa shape index (κ3) is 5.02. The molecule has 1 aromatic rings. The molecule has 0 saturated carbocycles. The molecule has 0 aliphatic carbocycles. The van der Waals surface area contributed by atoms with Crippen LogP contribution in [0, 0.1) is 5.82 Å². The van der Waals surface area contributed by atoms with Gasteiger partial charge in [0.15, 0.2) is 0 Å². The number of hydrogen-bond acceptors (Lipinski definition) is 2. The summed E-state index contributed by atoms with van der Waals surface area (Å²) in [6.07, 6.45) is 1.74. The van der Waals surface area contributed by atoms with Gasteiger partial charge in [0.05, 0.1) is 6.61 Å². The summed E-state index contributed by atoms with van der Waals surface area (Å²) < 4.78 is 18.0. The smallest absolute Gasteiger partial charge is 0.124 e. The number of methoxy groups -OCH3 is 1. The van der Waals surface area contributed by atoms with Crippen LogP contribution in [0.1, 0.15) is 18.9 Å². The van der Waals surface area contributed by atoms with E-state index in [2.05, 4.69) is 12.2 Å². The lowest BCUT2D eigenvalue weighted by atomic mass is 10.1. The van der Waals surface area contributed by atoms with E-state index < -0.39 is 0 Å². The van der Waals surface area contributed by atoms with E-state index in [4.69, 9.17) is 16.3 Å². The fraction of sp³-hybridized carbons (Fsp3) is 0.538. The Bertz CT molecular complexity index is 340. The number of likely N-dealkylation sites (N-methyl/N-ethyl adjacent to an activating group) is 1. The summed E-state index contributed by atoms with van der Waals surface area (Å²) in [7, 11) is 1.69. The maximum absolute atomic E-state index is 12.9. The standard InChI is InChI=1S/C13H19ClFNO/c1-3-16-12(9-17-2)7-5-10-4-6-11(15)8-13(10)14/h4,6,8,12,16H,3,5,7,9H2,1-2H3. The van der Waals surface area contributed by atoms with Gasteiger partial charge in [-0.25, -0.2) is 4.39 Å². The van der Waals surface area contributed by atoms with Crippen molar-refractivity contribution in [2.45, 2.75) is 25.8 Å². The van der Waals surface area contributed by atoms with Crippen LogP contribution in [0.5, 0.6) is 0 Å². The summed E-state index contributed by atoms with van der Waals surface area (Å²) >= 11 is 5.98. The Morgan fingerprint density at radius 3 is 2.82 bits per heavy atom. The predicted octanol–water partition coefficient (Wildman–Crippen LogP) is 3.04. The van der Waals surface area contributed by atoms with Crippen molar-refractivity contribution in [1.29, 1.82) is 0 Å². The SMILES string of the molecule is CCNC(CCc1ccc(F)cc1Cl)COC. The molecule has 17 heavy (non-hydrogen) atoms. The zero-order valence-electron chi connectivity index (χ0n) is 10.3. The van der Waals surface area contributed by atoms with Gasteiger partial charge >= 0.3 is 0 Å². The predicted molar refractivity (Wildman–Crippen MR) is 69.1 cm³/mol. The summed E-state index contributed by atoms with van der Waals surface area (Å²) in [5.41, 5.74) is 0.979. The molecule has 1 atom stereocenters. The van der Waals surface area contributed by atoms with Crippen LogP contribution >= 0.6 is 11.6 Å². The lowest BCUT2D eigenvalue weighted by Crippen LogP contribution is -2.33. The van der Waals surface area contributed by atoms with Gasteiger partial charge < -0.3 is 10.1 Å². The highest BCUT2D eigenvalue weighted by molar-refractivity contribution is 6.31. The number of benzene rings is 1. The highest BCUT2D eigenvalue weighted by Crippen LogP contribution is 2.19. The molecule has 0 saturated heterocycles. The van der Waals surface area contributed by atoms with Crippen molar-refractivity contribution >= 4 is 11.6 Å². The van der Waals surface area contributed by atoms with Gasteiger partial charge in [-0.15, -0.1) is 0 Å². The first-order valence-corrected chi connectivity index (χ1v) is 6.21. The largest absolute Gasteiger partial charge is 0.383 e. The van der Waals surface area contributed by atoms with Crippen molar-refractivity contribution in [3.63, 3.8) is 0 Å². The van der Waals surface area contributed by atoms with Crippen LogP contribution in [-0.2, 0) is 11.2 Å². The highest BCUT2D eigenvalue weighted by atomic mass is 35.5. The lowest BCUT2D eigenvalue weighted by Gasteiger charge is -2.17. The Balaban J connectivity index is 2.52. The van der Waals surface area contributed by atoms with Gasteiger partial charge in [-0.1, -0.05) is 24.6 Å². The molecule has 1 N–H and O–H groups in total. The minimum atomic E-state index is -0.293. The molecular weight excluding hydrogens is 241 g/mol. The van der Waals surface area contributed by atoms with E-state index in [0.717, 1.165) is 24.9 Å². The van der Waals surface area contributed by atoms with E-state index in [1.807, 2.05) is 0 Å². The van der Waals surface area contributed by atoms with Crippen LogP contribution in [0.3, 0.4) is 0 Å². The Morgan fingerprint density at radius 1 is 1.47 bits per heavy atom. The first-order chi connectivity index (χ1) is 8.17. The van der Waals surface area contributed by atoms with Gasteiger partial charge in [-0.05, 0) is 37.1 Å². The Kier molecular flexibility index (Phi) is 6.48. The van der Waals surface area contributed by atoms with Gasteiger partial charge in [0.1, 0.15) is 5.82 Å². The second-order valence-corrected chi connectivity index (χ2v) is 4.39. The average Bonchev–Trinajstić information content (AvgIpc) is 2.28. The average molecular weight is 260 g/mol. The molecule has 1 aromatic carbocycles. The van der Waals surface area contributed by atoms with Crippen LogP contribution in [-0.4, -0.2) is 26.3 Å². The quantitative estimate of drug-likeness (QED) is 0.813. The number of nitrogens with one attached hydrogen (secondary N) is 1. The third-order valence-electron chi connectivity index (χ3n) is 2.64. The Hall–Kier alpha value is -0.640. The molecule has 0 spiro atoms. The number of ether oxygens (including phenoxy) is 1. The fourth-order valence-corrected chi connectivity index (χ4v) is 2.05. The van der Waals surface area contributed by atoms with Crippen molar-refractivity contribution < 1.29 is 9.13 Å². The van der Waals surface area contributed by atoms with Gasteiger partial charge in [-0.2, -0.15) is 0 Å². The minimum absolute atomic E-state index is 0.293. The van der Waals surface area contributed by atoms with Crippen LogP contribution in [0.25, 0.3) is 0 Å². The molecule has 0 aliphatic heterocycles. The number of rotatable bonds is 7. The van der Waals surface area contributed by atoms with Crippen LogP contribution in [0.4, 0.5) is 4.39 Å². The van der Waals surface area contributed by atoms with E-state index >= 15 is 0 Å². The normalized spacial score (nSPS) is 12.7. The fourth-order valence-electron chi connectivity index (χ4n) is 1.79. The van der Waals surface area contributed by atoms with Crippen LogP contribution in [0.2, 0.25) is 5.02 Å². The molecule has 0 aliphatic rings. The Morgan fingerprint density at radius 2 is 2.24 bits per heavy atom. The lowest BCUT2D eigenvalue weighted by molar-refractivity contribution is 0.163. The summed E-state index contributed by atoms with van der Waals surface area (Å²) in [5.74, 6) is -0.293. The van der Waals surface area contributed by atoms with Crippen molar-refractivity contribution in [2.75, 3.05) is 20.3 Å².